The summed E-state index contributed by atoms with van der Waals surface area (Å²) >= 11 is 1.98. The van der Waals surface area contributed by atoms with Gasteiger partial charge in [0.2, 0.25) is 5.91 Å². The van der Waals surface area contributed by atoms with Crippen LogP contribution in [0.1, 0.15) is 62.5 Å². The molecule has 252 valence electrons. The minimum Gasteiger partial charge on any atom is -0.495 e. The van der Waals surface area contributed by atoms with Crippen molar-refractivity contribution in [2.75, 3.05) is 25.6 Å². The third-order valence-electron chi connectivity index (χ3n) is 6.75. The summed E-state index contributed by atoms with van der Waals surface area (Å²) in [6.45, 7) is 6.67. The van der Waals surface area contributed by atoms with Crippen LogP contribution in [-0.4, -0.2) is 69.0 Å². The number of amides is 2. The van der Waals surface area contributed by atoms with Crippen molar-refractivity contribution in [1.29, 1.82) is 0 Å². The number of hydrogen-bond donors (Lipinski definition) is 2. The van der Waals surface area contributed by atoms with Gasteiger partial charge in [-0.2, -0.15) is 0 Å². The molecule has 2 N–H and O–H groups in total. The number of para-hydroxylation sites is 2. The lowest BCUT2D eigenvalue weighted by molar-refractivity contribution is -0.384. The van der Waals surface area contributed by atoms with Crippen LogP contribution in [0.2, 0.25) is 0 Å². The number of hydrogen-bond acceptors (Lipinski definition) is 13. The molecule has 2 heterocycles. The summed E-state index contributed by atoms with van der Waals surface area (Å²) in [5, 5.41) is 24.7. The first kappa shape index (κ1) is 35.6. The van der Waals surface area contributed by atoms with Gasteiger partial charge in [-0.1, -0.05) is 23.9 Å². The molecule has 15 nitrogen and oxygen atoms in total. The summed E-state index contributed by atoms with van der Waals surface area (Å²) in [4.78, 5) is 62.3. The Morgan fingerprint density at radius 1 is 1.02 bits per heavy atom. The molecule has 0 radical (unpaired) electrons. The predicted molar refractivity (Wildman–Crippen MR) is 177 cm³/mol. The van der Waals surface area contributed by atoms with E-state index in [1.54, 1.807) is 56.5 Å². The van der Waals surface area contributed by atoms with E-state index in [2.05, 4.69) is 20.8 Å². The topological polar surface area (TPSA) is 194 Å². The van der Waals surface area contributed by atoms with Crippen LogP contribution < -0.4 is 15.4 Å². The van der Waals surface area contributed by atoms with Gasteiger partial charge in [0.1, 0.15) is 15.6 Å². The van der Waals surface area contributed by atoms with Crippen molar-refractivity contribution in [3.8, 4) is 11.4 Å². The average molecular weight is 697 g/mol. The second-order valence-corrected chi connectivity index (χ2v) is 12.2. The van der Waals surface area contributed by atoms with Crippen LogP contribution in [0.4, 0.5) is 10.7 Å². The summed E-state index contributed by atoms with van der Waals surface area (Å²) in [6.07, 6.45) is 0. The van der Waals surface area contributed by atoms with Crippen molar-refractivity contribution in [3.05, 3.63) is 86.0 Å². The number of esters is 2. The minimum absolute atomic E-state index is 0.0682. The Bertz CT molecular complexity index is 1840. The second-order valence-electron chi connectivity index (χ2n) is 9.84. The lowest BCUT2D eigenvalue weighted by atomic mass is 10.1. The largest absolute Gasteiger partial charge is 0.495 e. The zero-order chi connectivity index (χ0) is 35.0. The molecule has 0 spiro atoms. The van der Waals surface area contributed by atoms with E-state index in [-0.39, 0.29) is 46.5 Å². The zero-order valence-electron chi connectivity index (χ0n) is 26.6. The standard InChI is InChI=1S/C31H32N6O9S2/c1-6-45-29(40)24-17(3)25(30(41)46-7-2)48-28(24)33-26(38)18(4)47-31-35-34-23(36(31)21-10-8-9-11-22(21)44-5)16-32-27(39)19-12-14-20(15-13-19)37(42)43/h8-15,18H,6-7,16H2,1-5H3,(H,32,39)(H,33,38)/t18-/m0/s1. The monoisotopic (exact) mass is 696 g/mol. The molecule has 1 atom stereocenters. The van der Waals surface area contributed by atoms with Crippen LogP contribution >= 0.6 is 23.1 Å². The fourth-order valence-corrected chi connectivity index (χ4v) is 6.38. The molecule has 0 unspecified atom stereocenters. The van der Waals surface area contributed by atoms with E-state index < -0.39 is 33.9 Å². The molecule has 2 amide bonds. The molecule has 2 aromatic carbocycles. The Morgan fingerprint density at radius 2 is 1.69 bits per heavy atom. The number of rotatable bonds is 14. The normalized spacial score (nSPS) is 11.4. The number of nitrogens with one attached hydrogen (secondary N) is 2. The number of thioether (sulfide) groups is 1. The number of nitro groups is 1. The maximum absolute atomic E-state index is 13.5. The average Bonchev–Trinajstić information content (AvgIpc) is 3.63. The number of nitrogens with zero attached hydrogens (tertiary/aromatic N) is 4. The molecule has 0 aliphatic heterocycles. The smallest absolute Gasteiger partial charge is 0.348 e. The van der Waals surface area contributed by atoms with Crippen molar-refractivity contribution in [3.63, 3.8) is 0 Å². The number of carbonyl (C=O) groups excluding carboxylic acids is 4. The molecule has 17 heteroatoms. The molecule has 0 saturated carbocycles. The van der Waals surface area contributed by atoms with Crippen molar-refractivity contribution in [1.82, 2.24) is 20.1 Å². The summed E-state index contributed by atoms with van der Waals surface area (Å²) in [5.74, 6) is -1.52. The maximum atomic E-state index is 13.5. The lowest BCUT2D eigenvalue weighted by Crippen LogP contribution is -2.25. The van der Waals surface area contributed by atoms with Gasteiger partial charge in [-0.25, -0.2) is 9.59 Å². The first-order chi connectivity index (χ1) is 23.0. The van der Waals surface area contributed by atoms with E-state index in [0.29, 0.717) is 28.0 Å². The number of carbonyl (C=O) groups is 4. The van der Waals surface area contributed by atoms with Gasteiger partial charge in [-0.15, -0.1) is 21.5 Å². The van der Waals surface area contributed by atoms with Gasteiger partial charge in [0, 0.05) is 17.7 Å². The fourth-order valence-electron chi connectivity index (χ4n) is 4.41. The lowest BCUT2D eigenvalue weighted by Gasteiger charge is -2.16. The van der Waals surface area contributed by atoms with Crippen molar-refractivity contribution < 1.29 is 38.3 Å². The maximum Gasteiger partial charge on any atom is 0.348 e. The van der Waals surface area contributed by atoms with Crippen molar-refractivity contribution in [2.45, 2.75) is 44.6 Å². The highest BCUT2D eigenvalue weighted by Gasteiger charge is 2.29. The Morgan fingerprint density at radius 3 is 2.33 bits per heavy atom. The number of anilines is 1. The molecular weight excluding hydrogens is 665 g/mol. The van der Waals surface area contributed by atoms with Crippen LogP contribution in [0.25, 0.3) is 5.69 Å². The van der Waals surface area contributed by atoms with E-state index in [1.165, 1.54) is 31.4 Å². The molecule has 2 aromatic heterocycles. The van der Waals surface area contributed by atoms with Gasteiger partial charge in [-0.05, 0) is 57.5 Å². The highest BCUT2D eigenvalue weighted by atomic mass is 32.2. The van der Waals surface area contributed by atoms with Crippen LogP contribution in [0.15, 0.2) is 53.7 Å². The minimum atomic E-state index is -0.797. The second kappa shape index (κ2) is 16.0. The molecule has 4 aromatic rings. The summed E-state index contributed by atoms with van der Waals surface area (Å²) < 4.78 is 17.5. The third-order valence-corrected chi connectivity index (χ3v) is 8.98. The number of ether oxygens (including phenoxy) is 3. The number of benzene rings is 2. The van der Waals surface area contributed by atoms with E-state index in [9.17, 15) is 29.3 Å². The van der Waals surface area contributed by atoms with Gasteiger partial charge in [0.05, 0.1) is 48.3 Å². The van der Waals surface area contributed by atoms with Gasteiger partial charge < -0.3 is 24.8 Å². The zero-order valence-corrected chi connectivity index (χ0v) is 28.2. The van der Waals surface area contributed by atoms with Crippen molar-refractivity contribution in [2.24, 2.45) is 0 Å². The molecule has 0 fully saturated rings. The van der Waals surface area contributed by atoms with Crippen LogP contribution in [0, 0.1) is 17.0 Å². The summed E-state index contributed by atoms with van der Waals surface area (Å²) in [5.41, 5.74) is 1.01. The molecular formula is C31H32N6O9S2. The van der Waals surface area contributed by atoms with Crippen LogP contribution in [-0.2, 0) is 20.8 Å². The fraction of sp³-hybridized carbons (Fsp3) is 0.290. The van der Waals surface area contributed by atoms with Gasteiger partial charge in [-0.3, -0.25) is 24.3 Å². The first-order valence-electron chi connectivity index (χ1n) is 14.6. The number of methoxy groups -OCH3 is 1. The molecule has 0 aliphatic rings. The van der Waals surface area contributed by atoms with E-state index in [1.807, 2.05) is 0 Å². The molecule has 0 bridgehead atoms. The molecule has 4 rings (SSSR count). The Hall–Kier alpha value is -5.29. The van der Waals surface area contributed by atoms with Crippen LogP contribution in [0.5, 0.6) is 5.75 Å². The first-order valence-corrected chi connectivity index (χ1v) is 16.3. The van der Waals surface area contributed by atoms with Crippen LogP contribution in [0.3, 0.4) is 0 Å². The quantitative estimate of drug-likeness (QED) is 0.0780. The Balaban J connectivity index is 1.60. The predicted octanol–water partition coefficient (Wildman–Crippen LogP) is 4.96. The Kier molecular flexibility index (Phi) is 11.9. The number of nitro benzene ring substituents is 1. The van der Waals surface area contributed by atoms with E-state index >= 15 is 0 Å². The van der Waals surface area contributed by atoms with E-state index in [0.717, 1.165) is 23.1 Å². The molecule has 0 aliphatic carbocycles. The van der Waals surface area contributed by atoms with E-state index in [4.69, 9.17) is 14.2 Å². The molecule has 0 saturated heterocycles. The van der Waals surface area contributed by atoms with Gasteiger partial charge in [0.15, 0.2) is 11.0 Å². The summed E-state index contributed by atoms with van der Waals surface area (Å²) in [6, 6.07) is 12.2. The highest BCUT2D eigenvalue weighted by Crippen LogP contribution is 2.36. The van der Waals surface area contributed by atoms with Gasteiger partial charge in [0.25, 0.3) is 11.6 Å². The van der Waals surface area contributed by atoms with Crippen molar-refractivity contribution >= 4 is 57.5 Å². The van der Waals surface area contributed by atoms with Gasteiger partial charge >= 0.3 is 11.9 Å². The number of non-ortho nitro benzene ring substituents is 1. The highest BCUT2D eigenvalue weighted by molar-refractivity contribution is 8.00. The SMILES string of the molecule is CCOC(=O)c1sc(NC(=O)[C@H](C)Sc2nnc(CNC(=O)c3ccc([N+](=O)[O-])cc3)n2-c2ccccc2OC)c(C(=O)OCC)c1C. The number of aromatic nitrogens is 3. The summed E-state index contributed by atoms with van der Waals surface area (Å²) in [7, 11) is 1.50. The Labute approximate surface area is 283 Å². The third kappa shape index (κ3) is 7.98. The number of thiophene rings is 1. The molecule has 48 heavy (non-hydrogen) atoms.